The average molecular weight is 492 g/mol. The molecule has 0 saturated heterocycles. The summed E-state index contributed by atoms with van der Waals surface area (Å²) in [5.41, 5.74) is 8.64. The Morgan fingerprint density at radius 2 is 1.83 bits per heavy atom. The minimum atomic E-state index is -3.90. The number of carbonyl (C=O) groups excluding carboxylic acids is 1. The van der Waals surface area contributed by atoms with Crippen molar-refractivity contribution in [3.8, 4) is 11.1 Å². The van der Waals surface area contributed by atoms with Gasteiger partial charge >= 0.3 is 0 Å². The topological polar surface area (TPSA) is 161 Å². The predicted octanol–water partition coefficient (Wildman–Crippen LogP) is 3.12. The maximum absolute atomic E-state index is 13.1. The van der Waals surface area contributed by atoms with Crippen LogP contribution in [0.2, 0.25) is 0 Å². The van der Waals surface area contributed by atoms with Crippen LogP contribution in [0.5, 0.6) is 0 Å². The smallest absolute Gasteiger partial charge is 0.271 e. The lowest BCUT2D eigenvalue weighted by Gasteiger charge is -2.21. The highest BCUT2D eigenvalue weighted by Crippen LogP contribution is 2.32. The first-order chi connectivity index (χ1) is 16.5. The largest absolute Gasteiger partial charge is 0.384 e. The maximum Gasteiger partial charge on any atom is 0.271 e. The molecule has 0 aliphatic carbocycles. The first-order valence-electron chi connectivity index (χ1n) is 10.7. The van der Waals surface area contributed by atoms with Crippen molar-refractivity contribution in [1.29, 1.82) is 5.41 Å². The molecule has 0 fully saturated rings. The fourth-order valence-electron chi connectivity index (χ4n) is 3.86. The number of rotatable bonds is 6. The summed E-state index contributed by atoms with van der Waals surface area (Å²) in [6.07, 6.45) is 0.235. The van der Waals surface area contributed by atoms with E-state index in [9.17, 15) is 13.2 Å². The lowest BCUT2D eigenvalue weighted by atomic mass is 9.94. The van der Waals surface area contributed by atoms with E-state index in [1.807, 2.05) is 13.0 Å². The Morgan fingerprint density at radius 3 is 2.51 bits per heavy atom. The van der Waals surface area contributed by atoms with Gasteiger partial charge in [-0.3, -0.25) is 10.2 Å². The molecular weight excluding hydrogens is 466 g/mol. The number of benzene rings is 3. The van der Waals surface area contributed by atoms with E-state index in [0.717, 1.165) is 11.1 Å². The minimum absolute atomic E-state index is 0.0292. The summed E-state index contributed by atoms with van der Waals surface area (Å²) in [5, 5.41) is 20.0. The van der Waals surface area contributed by atoms with E-state index >= 15 is 0 Å². The second-order valence-corrected chi connectivity index (χ2v) is 10.1. The van der Waals surface area contributed by atoms with E-state index < -0.39 is 15.6 Å². The van der Waals surface area contributed by atoms with Crippen LogP contribution in [-0.4, -0.2) is 31.5 Å². The Labute approximate surface area is 203 Å². The van der Waals surface area contributed by atoms with Crippen LogP contribution >= 0.6 is 0 Å². The second kappa shape index (κ2) is 8.97. The van der Waals surface area contributed by atoms with Crippen molar-refractivity contribution in [1.82, 2.24) is 0 Å². The monoisotopic (exact) mass is 491 g/mol. The molecule has 0 spiro atoms. The number of primary sulfonamides is 1. The Hall–Kier alpha value is -4.02. The SMILES string of the molecule is Cc1cc(-c2ccccc2S(N)(=O)=O)ccc1NC(=O)C1(C)CC(c2cccc(C(=N)N)c2)=NO1. The minimum Gasteiger partial charge on any atom is -0.384 e. The number of carbonyl (C=O) groups is 1. The summed E-state index contributed by atoms with van der Waals surface area (Å²) in [7, 11) is -3.90. The number of nitrogen functional groups attached to an aromatic ring is 1. The van der Waals surface area contributed by atoms with Gasteiger partial charge in [0.1, 0.15) is 5.84 Å². The zero-order valence-corrected chi connectivity index (χ0v) is 20.0. The van der Waals surface area contributed by atoms with Crippen molar-refractivity contribution in [3.63, 3.8) is 0 Å². The zero-order chi connectivity index (χ0) is 25.4. The van der Waals surface area contributed by atoms with E-state index in [2.05, 4.69) is 10.5 Å². The van der Waals surface area contributed by atoms with E-state index in [1.165, 1.54) is 6.07 Å². The van der Waals surface area contributed by atoms with Crippen LogP contribution in [0, 0.1) is 12.3 Å². The molecule has 35 heavy (non-hydrogen) atoms. The molecule has 0 bridgehead atoms. The lowest BCUT2D eigenvalue weighted by molar-refractivity contribution is -0.135. The molecule has 180 valence electrons. The molecule has 1 atom stereocenters. The summed E-state index contributed by atoms with van der Waals surface area (Å²) in [6, 6.07) is 18.7. The third kappa shape index (κ3) is 4.93. The number of sulfonamides is 1. The van der Waals surface area contributed by atoms with E-state index in [0.29, 0.717) is 28.1 Å². The molecule has 0 saturated carbocycles. The molecule has 1 aliphatic heterocycles. The highest BCUT2D eigenvalue weighted by atomic mass is 32.2. The van der Waals surface area contributed by atoms with Gasteiger partial charge < -0.3 is 15.9 Å². The van der Waals surface area contributed by atoms with Crippen molar-refractivity contribution in [3.05, 3.63) is 83.4 Å². The van der Waals surface area contributed by atoms with Crippen molar-refractivity contribution in [2.24, 2.45) is 16.0 Å². The van der Waals surface area contributed by atoms with Crippen LogP contribution in [-0.2, 0) is 19.7 Å². The van der Waals surface area contributed by atoms with Gasteiger partial charge in [0, 0.05) is 28.8 Å². The van der Waals surface area contributed by atoms with E-state index in [1.54, 1.807) is 61.5 Å². The number of oxime groups is 1. The number of hydrogen-bond donors (Lipinski definition) is 4. The van der Waals surface area contributed by atoms with Gasteiger partial charge in [-0.05, 0) is 49.2 Å². The van der Waals surface area contributed by atoms with Crippen LogP contribution in [0.1, 0.15) is 30.0 Å². The van der Waals surface area contributed by atoms with Gasteiger partial charge in [0.2, 0.25) is 15.6 Å². The van der Waals surface area contributed by atoms with Crippen LogP contribution in [0.15, 0.2) is 76.8 Å². The summed E-state index contributed by atoms with van der Waals surface area (Å²) in [4.78, 5) is 18.7. The van der Waals surface area contributed by atoms with Crippen LogP contribution < -0.4 is 16.2 Å². The Morgan fingerprint density at radius 1 is 1.09 bits per heavy atom. The third-order valence-electron chi connectivity index (χ3n) is 5.83. The van der Waals surface area contributed by atoms with Crippen molar-refractivity contribution < 1.29 is 18.0 Å². The molecule has 1 amide bonds. The van der Waals surface area contributed by atoms with Gasteiger partial charge in [0.15, 0.2) is 0 Å². The number of hydrogen-bond acceptors (Lipinski definition) is 6. The quantitative estimate of drug-likeness (QED) is 0.307. The molecule has 3 aromatic carbocycles. The molecule has 3 aromatic rings. The Bertz CT molecular complexity index is 1480. The van der Waals surface area contributed by atoms with Crippen molar-refractivity contribution >= 4 is 33.2 Å². The van der Waals surface area contributed by atoms with Crippen LogP contribution in [0.25, 0.3) is 11.1 Å². The molecule has 0 radical (unpaired) electrons. The highest BCUT2D eigenvalue weighted by Gasteiger charge is 2.42. The highest BCUT2D eigenvalue weighted by molar-refractivity contribution is 7.89. The number of aryl methyl sites for hydroxylation is 1. The molecule has 10 heteroatoms. The number of amides is 1. The van der Waals surface area contributed by atoms with Crippen LogP contribution in [0.4, 0.5) is 5.69 Å². The third-order valence-corrected chi connectivity index (χ3v) is 6.80. The molecule has 6 N–H and O–H groups in total. The molecule has 1 aliphatic rings. The number of anilines is 1. The van der Waals surface area contributed by atoms with Gasteiger partial charge in [0.25, 0.3) is 5.91 Å². The van der Waals surface area contributed by atoms with Crippen molar-refractivity contribution in [2.45, 2.75) is 30.8 Å². The van der Waals surface area contributed by atoms with Gasteiger partial charge in [-0.1, -0.05) is 47.6 Å². The van der Waals surface area contributed by atoms with Gasteiger partial charge in [-0.2, -0.15) is 0 Å². The summed E-state index contributed by atoms with van der Waals surface area (Å²) < 4.78 is 23.9. The average Bonchev–Trinajstić information content (AvgIpc) is 3.23. The fourth-order valence-corrected chi connectivity index (χ4v) is 4.62. The molecule has 0 aromatic heterocycles. The zero-order valence-electron chi connectivity index (χ0n) is 19.2. The van der Waals surface area contributed by atoms with E-state index in [4.69, 9.17) is 21.1 Å². The Kier molecular flexibility index (Phi) is 6.18. The molecule has 1 unspecified atom stereocenters. The number of nitrogens with two attached hydrogens (primary N) is 2. The van der Waals surface area contributed by atoms with Gasteiger partial charge in [-0.25, -0.2) is 13.6 Å². The summed E-state index contributed by atoms with van der Waals surface area (Å²) >= 11 is 0. The lowest BCUT2D eigenvalue weighted by Crippen LogP contribution is -2.40. The molecule has 9 nitrogen and oxygen atoms in total. The fraction of sp³-hybridized carbons (Fsp3) is 0.160. The summed E-state index contributed by atoms with van der Waals surface area (Å²) in [5.74, 6) is -0.433. The first kappa shape index (κ1) is 24.1. The van der Waals surface area contributed by atoms with Crippen molar-refractivity contribution in [2.75, 3.05) is 5.32 Å². The summed E-state index contributed by atoms with van der Waals surface area (Å²) in [6.45, 7) is 3.46. The number of nitrogens with one attached hydrogen (secondary N) is 2. The molecule has 1 heterocycles. The molecule has 4 rings (SSSR count). The number of nitrogens with zero attached hydrogens (tertiary/aromatic N) is 1. The second-order valence-electron chi connectivity index (χ2n) is 8.56. The normalized spacial score (nSPS) is 17.4. The standard InChI is InChI=1S/C25H25N5O4S/c1-15-12-16(19-8-3-4-9-22(19)35(28,32)33)10-11-20(15)29-24(31)25(2)14-21(30-34-25)17-6-5-7-18(13-17)23(26)27/h3-13H,14H2,1-2H3,(H3,26,27)(H,29,31)(H2,28,32,33). The van der Waals surface area contributed by atoms with Gasteiger partial charge in [0.05, 0.1) is 10.6 Å². The van der Waals surface area contributed by atoms with Gasteiger partial charge in [-0.15, -0.1) is 0 Å². The molecular formula is C25H25N5O4S. The maximum atomic E-state index is 13.1. The number of amidine groups is 1. The predicted molar refractivity (Wildman–Crippen MR) is 135 cm³/mol. The first-order valence-corrected chi connectivity index (χ1v) is 12.3. The van der Waals surface area contributed by atoms with E-state index in [-0.39, 0.29) is 23.1 Å². The Balaban J connectivity index is 1.53. The van der Waals surface area contributed by atoms with Crippen LogP contribution in [0.3, 0.4) is 0 Å².